The molecule has 0 unspecified atom stereocenters. The largest absolute Gasteiger partial charge is 0.435 e. The van der Waals surface area contributed by atoms with Crippen LogP contribution < -0.4 is 10.6 Å². The van der Waals surface area contributed by atoms with Crippen LogP contribution in [0.4, 0.5) is 24.9 Å². The van der Waals surface area contributed by atoms with Gasteiger partial charge in [-0.2, -0.15) is 18.3 Å². The van der Waals surface area contributed by atoms with E-state index in [1.165, 1.54) is 6.20 Å². The molecule has 1 aliphatic heterocycles. The molecule has 0 saturated heterocycles. The summed E-state index contributed by atoms with van der Waals surface area (Å²) in [6.07, 6.45) is -4.36. The zero-order chi connectivity index (χ0) is 27.0. The minimum absolute atomic E-state index is 0.0294. The van der Waals surface area contributed by atoms with Gasteiger partial charge in [0.1, 0.15) is 0 Å². The molecule has 6 rings (SSSR count). The highest BCUT2D eigenvalue weighted by Crippen LogP contribution is 2.29. The highest BCUT2D eigenvalue weighted by atomic mass is 19.4. The van der Waals surface area contributed by atoms with Gasteiger partial charge in [-0.05, 0) is 36.4 Å². The van der Waals surface area contributed by atoms with Crippen molar-refractivity contribution in [3.8, 4) is 17.1 Å². The van der Waals surface area contributed by atoms with E-state index in [1.807, 2.05) is 48.5 Å². The second-order valence-electron chi connectivity index (χ2n) is 8.53. The first-order valence-corrected chi connectivity index (χ1v) is 11.7. The third kappa shape index (κ3) is 4.87. The third-order valence-electron chi connectivity index (χ3n) is 5.94. The summed E-state index contributed by atoms with van der Waals surface area (Å²) in [5.41, 5.74) is 2.80. The molecular weight excluding hydrogens is 511 g/mol. The summed E-state index contributed by atoms with van der Waals surface area (Å²) < 4.78 is 45.4. The van der Waals surface area contributed by atoms with Crippen molar-refractivity contribution in [2.45, 2.75) is 12.3 Å². The summed E-state index contributed by atoms with van der Waals surface area (Å²) in [7, 11) is 0. The van der Waals surface area contributed by atoms with E-state index in [0.29, 0.717) is 22.6 Å². The van der Waals surface area contributed by atoms with E-state index in [-0.39, 0.29) is 11.9 Å². The van der Waals surface area contributed by atoms with Gasteiger partial charge in [0.05, 0.1) is 17.1 Å². The van der Waals surface area contributed by atoms with Crippen molar-refractivity contribution in [2.24, 2.45) is 4.99 Å². The number of carbonyl (C=O) groups excluding carboxylic acids is 1. The van der Waals surface area contributed by atoms with Crippen molar-refractivity contribution < 1.29 is 22.4 Å². The highest BCUT2D eigenvalue weighted by Gasteiger charge is 2.33. The quantitative estimate of drug-likeness (QED) is 0.325. The Balaban J connectivity index is 1.24. The van der Waals surface area contributed by atoms with E-state index in [0.717, 1.165) is 21.9 Å². The van der Waals surface area contributed by atoms with Crippen molar-refractivity contribution in [1.82, 2.24) is 20.0 Å². The molecule has 3 heterocycles. The molecule has 0 fully saturated rings. The fourth-order valence-corrected chi connectivity index (χ4v) is 4.07. The van der Waals surface area contributed by atoms with Crippen molar-refractivity contribution in [3.05, 3.63) is 108 Å². The Morgan fingerprint density at radius 3 is 2.36 bits per heavy atom. The number of amides is 1. The van der Waals surface area contributed by atoms with Crippen LogP contribution in [0.2, 0.25) is 0 Å². The number of halogens is 3. The maximum atomic E-state index is 13.0. The van der Waals surface area contributed by atoms with Gasteiger partial charge in [0, 0.05) is 22.9 Å². The lowest BCUT2D eigenvalue weighted by Crippen LogP contribution is -2.32. The number of alkyl halides is 3. The van der Waals surface area contributed by atoms with E-state index in [2.05, 4.69) is 30.9 Å². The first-order valence-electron chi connectivity index (χ1n) is 11.7. The zero-order valence-corrected chi connectivity index (χ0v) is 19.9. The molecule has 5 aromatic rings. The highest BCUT2D eigenvalue weighted by molar-refractivity contribution is 6.19. The Morgan fingerprint density at radius 1 is 0.872 bits per heavy atom. The average molecular weight is 529 g/mol. The van der Waals surface area contributed by atoms with Crippen LogP contribution in [0.3, 0.4) is 0 Å². The monoisotopic (exact) mass is 529 g/mol. The number of para-hydroxylation sites is 1. The summed E-state index contributed by atoms with van der Waals surface area (Å²) in [5.74, 6) is -0.264. The molecule has 0 radical (unpaired) electrons. The summed E-state index contributed by atoms with van der Waals surface area (Å²) in [6.45, 7) is 0. The Bertz CT molecular complexity index is 1680. The second kappa shape index (κ2) is 9.56. The SMILES string of the molecule is O=C1Nc2ccccc2C(c2ccccc2)=N[C@@H]1Nc1nnc(-c2ccc(-n3ccc(C(F)(F)F)n3)cc2)o1. The smallest absolute Gasteiger partial charge is 0.403 e. The lowest BCUT2D eigenvalue weighted by molar-refractivity contribution is -0.141. The van der Waals surface area contributed by atoms with Crippen LogP contribution in [0.1, 0.15) is 16.8 Å². The first kappa shape index (κ1) is 24.1. The van der Waals surface area contributed by atoms with Gasteiger partial charge in [-0.1, -0.05) is 53.6 Å². The maximum Gasteiger partial charge on any atom is 0.435 e. The van der Waals surface area contributed by atoms with Crippen LogP contribution in [-0.2, 0) is 11.0 Å². The van der Waals surface area contributed by atoms with Gasteiger partial charge < -0.3 is 15.1 Å². The molecule has 1 amide bonds. The van der Waals surface area contributed by atoms with Crippen molar-refractivity contribution >= 4 is 23.3 Å². The van der Waals surface area contributed by atoms with Crippen LogP contribution in [0.5, 0.6) is 0 Å². The van der Waals surface area contributed by atoms with Gasteiger partial charge in [0.2, 0.25) is 12.1 Å². The number of rotatable bonds is 5. The van der Waals surface area contributed by atoms with E-state index in [4.69, 9.17) is 4.42 Å². The number of hydrogen-bond acceptors (Lipinski definition) is 7. The first-order chi connectivity index (χ1) is 18.8. The number of nitrogens with zero attached hydrogens (tertiary/aromatic N) is 5. The van der Waals surface area contributed by atoms with Crippen molar-refractivity contribution in [3.63, 3.8) is 0 Å². The number of benzodiazepines with no additional fused rings is 1. The van der Waals surface area contributed by atoms with Crippen LogP contribution in [0.15, 0.2) is 101 Å². The molecule has 39 heavy (non-hydrogen) atoms. The predicted octanol–water partition coefficient (Wildman–Crippen LogP) is 5.17. The number of aliphatic imine (C=N–C) groups is 1. The number of anilines is 2. The van der Waals surface area contributed by atoms with Gasteiger partial charge in [0.25, 0.3) is 5.91 Å². The molecule has 2 N–H and O–H groups in total. The van der Waals surface area contributed by atoms with Gasteiger partial charge in [-0.3, -0.25) is 4.79 Å². The van der Waals surface area contributed by atoms with E-state index in [1.54, 1.807) is 30.3 Å². The molecule has 194 valence electrons. The summed E-state index contributed by atoms with van der Waals surface area (Å²) in [6, 6.07) is 24.1. The third-order valence-corrected chi connectivity index (χ3v) is 5.94. The Morgan fingerprint density at radius 2 is 1.62 bits per heavy atom. The molecule has 1 aliphatic rings. The van der Waals surface area contributed by atoms with E-state index >= 15 is 0 Å². The molecule has 0 aliphatic carbocycles. The lowest BCUT2D eigenvalue weighted by Gasteiger charge is -2.11. The normalized spacial score (nSPS) is 15.2. The Kier molecular flexibility index (Phi) is 5.91. The number of benzene rings is 3. The Labute approximate surface area is 219 Å². The molecule has 2 aromatic heterocycles. The van der Waals surface area contributed by atoms with Crippen LogP contribution >= 0.6 is 0 Å². The van der Waals surface area contributed by atoms with Gasteiger partial charge in [0.15, 0.2) is 5.69 Å². The molecule has 12 heteroatoms. The molecule has 3 aromatic carbocycles. The van der Waals surface area contributed by atoms with Crippen molar-refractivity contribution in [2.75, 3.05) is 10.6 Å². The minimum Gasteiger partial charge on any atom is -0.403 e. The van der Waals surface area contributed by atoms with Crippen molar-refractivity contribution in [1.29, 1.82) is 0 Å². The summed E-state index contributed by atoms with van der Waals surface area (Å²) in [5, 5.41) is 17.3. The standard InChI is InChI=1S/C27H18F3N7O2/c28-27(29,30)21-14-15-37(36-21)18-12-10-17(11-13-18)25-34-35-26(39-25)33-23-24(38)31-20-9-5-4-8-19(20)22(32-23)16-6-2-1-3-7-16/h1-15,23H,(H,31,38)(H,33,35)/t23-/m1/s1. The van der Waals surface area contributed by atoms with Gasteiger partial charge in [-0.15, -0.1) is 5.10 Å². The fraction of sp³-hybridized carbons (Fsp3) is 0.0741. The number of fused-ring (bicyclic) bond motifs is 1. The average Bonchev–Trinajstić information content (AvgIpc) is 3.60. The minimum atomic E-state index is -4.53. The van der Waals surface area contributed by atoms with E-state index in [9.17, 15) is 18.0 Å². The van der Waals surface area contributed by atoms with E-state index < -0.39 is 23.9 Å². The molecule has 9 nitrogen and oxygen atoms in total. The molecule has 0 saturated carbocycles. The lowest BCUT2D eigenvalue weighted by atomic mass is 10.0. The number of hydrogen-bond donors (Lipinski definition) is 2. The molecular formula is C27H18F3N7O2. The van der Waals surface area contributed by atoms with Gasteiger partial charge >= 0.3 is 12.2 Å². The van der Waals surface area contributed by atoms with Crippen LogP contribution in [-0.4, -0.2) is 37.8 Å². The summed E-state index contributed by atoms with van der Waals surface area (Å²) in [4.78, 5) is 17.7. The number of nitrogens with one attached hydrogen (secondary N) is 2. The van der Waals surface area contributed by atoms with Crippen LogP contribution in [0.25, 0.3) is 17.1 Å². The maximum absolute atomic E-state index is 13.0. The summed E-state index contributed by atoms with van der Waals surface area (Å²) >= 11 is 0. The molecule has 1 atom stereocenters. The zero-order valence-electron chi connectivity index (χ0n) is 19.9. The number of carbonyl (C=O) groups is 1. The van der Waals surface area contributed by atoms with Gasteiger partial charge in [-0.25, -0.2) is 9.67 Å². The topological polar surface area (TPSA) is 110 Å². The molecule has 0 spiro atoms. The fourth-order valence-electron chi connectivity index (χ4n) is 4.07. The van der Waals surface area contributed by atoms with Crippen LogP contribution in [0, 0.1) is 0 Å². The molecule has 0 bridgehead atoms. The number of aromatic nitrogens is 4. The Hall–Kier alpha value is -5.26. The predicted molar refractivity (Wildman–Crippen MR) is 136 cm³/mol. The second-order valence-corrected chi connectivity index (χ2v) is 8.53.